The maximum atomic E-state index is 12.4. The van der Waals surface area contributed by atoms with E-state index in [1.165, 1.54) is 17.8 Å². The smallest absolute Gasteiger partial charge is 0.355 e. The van der Waals surface area contributed by atoms with Crippen molar-refractivity contribution in [3.05, 3.63) is 48.1 Å². The lowest BCUT2D eigenvalue weighted by Gasteiger charge is -2.09. The summed E-state index contributed by atoms with van der Waals surface area (Å²) in [5, 5.41) is 12.9. The van der Waals surface area contributed by atoms with Gasteiger partial charge in [-0.25, -0.2) is 18.4 Å². The van der Waals surface area contributed by atoms with Gasteiger partial charge in [0.15, 0.2) is 6.10 Å². The Hall–Kier alpha value is -3.18. The van der Waals surface area contributed by atoms with Gasteiger partial charge < -0.3 is 18.5 Å². The maximum Gasteiger partial charge on any atom is 0.355 e. The number of rotatable bonds is 6. The Morgan fingerprint density at radius 2 is 1.93 bits per heavy atom. The summed E-state index contributed by atoms with van der Waals surface area (Å²) in [5.41, 5.74) is 0.698. The molecule has 0 saturated carbocycles. The molecule has 148 valence electrons. The number of aryl methyl sites for hydroxylation is 1. The molecule has 1 aromatic carbocycles. The number of sulfonamides is 1. The molecule has 0 radical (unpaired) electrons. The zero-order valence-electron chi connectivity index (χ0n) is 15.3. The third kappa shape index (κ3) is 4.05. The Bertz CT molecular complexity index is 1100. The highest BCUT2D eigenvalue weighted by Crippen LogP contribution is 2.25. The molecule has 0 saturated heterocycles. The van der Waals surface area contributed by atoms with E-state index in [1.54, 1.807) is 38.3 Å². The molecule has 3 rings (SSSR count). The lowest BCUT2D eigenvalue weighted by molar-refractivity contribution is 0.0269. The largest absolute Gasteiger partial charge is 0.497 e. The summed E-state index contributed by atoms with van der Waals surface area (Å²) in [6.45, 7) is 1.56. The fourth-order valence-corrected chi connectivity index (χ4v) is 2.99. The van der Waals surface area contributed by atoms with Crippen LogP contribution in [-0.2, 0) is 21.8 Å². The van der Waals surface area contributed by atoms with Crippen LogP contribution in [-0.4, -0.2) is 36.3 Å². The van der Waals surface area contributed by atoms with Crippen LogP contribution in [0.2, 0.25) is 0 Å². The van der Waals surface area contributed by atoms with Crippen LogP contribution < -0.4 is 9.88 Å². The zero-order valence-corrected chi connectivity index (χ0v) is 16.1. The minimum absolute atomic E-state index is 0.0192. The third-order valence-corrected chi connectivity index (χ3v) is 4.81. The number of benzene rings is 1. The summed E-state index contributed by atoms with van der Waals surface area (Å²) in [4.78, 5) is 12.2. The van der Waals surface area contributed by atoms with Gasteiger partial charge in [0, 0.05) is 18.8 Å². The van der Waals surface area contributed by atoms with Gasteiger partial charge in [0.05, 0.1) is 7.11 Å². The van der Waals surface area contributed by atoms with E-state index in [0.29, 0.717) is 11.3 Å². The number of primary sulfonamides is 1. The lowest BCUT2D eigenvalue weighted by Crippen LogP contribution is -2.13. The van der Waals surface area contributed by atoms with E-state index in [4.69, 9.17) is 19.0 Å². The van der Waals surface area contributed by atoms with Gasteiger partial charge in [0.1, 0.15) is 16.3 Å². The van der Waals surface area contributed by atoms with Crippen LogP contribution in [0.5, 0.6) is 5.75 Å². The van der Waals surface area contributed by atoms with Gasteiger partial charge in [0.25, 0.3) is 5.89 Å². The van der Waals surface area contributed by atoms with E-state index >= 15 is 0 Å². The van der Waals surface area contributed by atoms with E-state index in [2.05, 4.69) is 10.2 Å². The number of hydrogen-bond acceptors (Lipinski definition) is 8. The van der Waals surface area contributed by atoms with Gasteiger partial charge in [-0.05, 0) is 37.3 Å². The van der Waals surface area contributed by atoms with Crippen molar-refractivity contribution in [1.29, 1.82) is 0 Å². The van der Waals surface area contributed by atoms with Gasteiger partial charge in [-0.1, -0.05) is 0 Å². The quantitative estimate of drug-likeness (QED) is 0.610. The summed E-state index contributed by atoms with van der Waals surface area (Å²) < 4.78 is 40.1. The maximum absolute atomic E-state index is 12.4. The fourth-order valence-electron chi connectivity index (χ4n) is 2.41. The summed E-state index contributed by atoms with van der Waals surface area (Å²) in [6.07, 6.45) is 0.380. The van der Waals surface area contributed by atoms with E-state index in [9.17, 15) is 13.2 Å². The normalized spacial score (nSPS) is 12.6. The van der Waals surface area contributed by atoms with Crippen molar-refractivity contribution in [2.45, 2.75) is 17.9 Å². The third-order valence-electron chi connectivity index (χ3n) is 3.93. The molecule has 0 amide bonds. The first-order valence-corrected chi connectivity index (χ1v) is 9.61. The number of ether oxygens (including phenoxy) is 2. The number of carbonyl (C=O) groups is 1. The second kappa shape index (κ2) is 7.44. The minimum atomic E-state index is -3.93. The number of nitrogens with zero attached hydrogens (tertiary/aromatic N) is 3. The number of methoxy groups -OCH3 is 1. The van der Waals surface area contributed by atoms with Crippen LogP contribution in [0, 0.1) is 0 Å². The molecular weight excluding hydrogens is 388 g/mol. The van der Waals surface area contributed by atoms with E-state index in [-0.39, 0.29) is 22.4 Å². The lowest BCUT2D eigenvalue weighted by atomic mass is 10.2. The monoisotopic (exact) mass is 406 g/mol. The molecule has 10 nitrogen and oxygen atoms in total. The molecule has 0 bridgehead atoms. The molecule has 11 heteroatoms. The average Bonchev–Trinajstić information content (AvgIpc) is 3.28. The molecular formula is C17H18N4O6S. The van der Waals surface area contributed by atoms with Crippen molar-refractivity contribution in [3.63, 3.8) is 0 Å². The van der Waals surface area contributed by atoms with E-state index < -0.39 is 22.1 Å². The topological polar surface area (TPSA) is 140 Å². The number of hydrogen-bond donors (Lipinski definition) is 1. The first kappa shape index (κ1) is 19.6. The predicted octanol–water partition coefficient (Wildman–Crippen LogP) is 1.65. The van der Waals surface area contributed by atoms with E-state index in [1.807, 2.05) is 0 Å². The van der Waals surface area contributed by atoms with Gasteiger partial charge in [-0.2, -0.15) is 0 Å². The molecule has 2 N–H and O–H groups in total. The molecule has 1 atom stereocenters. The highest BCUT2D eigenvalue weighted by molar-refractivity contribution is 7.89. The Kier molecular flexibility index (Phi) is 5.21. The van der Waals surface area contributed by atoms with Gasteiger partial charge in [-0.3, -0.25) is 0 Å². The summed E-state index contributed by atoms with van der Waals surface area (Å²) in [7, 11) is -0.861. The molecule has 3 aromatic rings. The van der Waals surface area contributed by atoms with Crippen LogP contribution in [0.1, 0.15) is 29.4 Å². The van der Waals surface area contributed by atoms with Crippen molar-refractivity contribution in [2.24, 2.45) is 12.2 Å². The number of aromatic nitrogens is 3. The highest BCUT2D eigenvalue weighted by atomic mass is 32.2. The first-order chi connectivity index (χ1) is 13.2. The van der Waals surface area contributed by atoms with E-state index in [0.717, 1.165) is 6.07 Å². The number of carbonyl (C=O) groups excluding carboxylic acids is 1. The predicted molar refractivity (Wildman–Crippen MR) is 96.9 cm³/mol. The first-order valence-electron chi connectivity index (χ1n) is 8.07. The van der Waals surface area contributed by atoms with Gasteiger partial charge in [0.2, 0.25) is 15.9 Å². The second-order valence-corrected chi connectivity index (χ2v) is 7.50. The van der Waals surface area contributed by atoms with Crippen LogP contribution in [0.15, 0.2) is 45.8 Å². The molecule has 0 aliphatic rings. The van der Waals surface area contributed by atoms with Crippen LogP contribution in [0.25, 0.3) is 11.5 Å². The Morgan fingerprint density at radius 3 is 2.50 bits per heavy atom. The molecule has 2 aromatic heterocycles. The second-order valence-electron chi connectivity index (χ2n) is 5.94. The van der Waals surface area contributed by atoms with Crippen LogP contribution in [0.3, 0.4) is 0 Å². The Labute approximate surface area is 160 Å². The molecule has 0 spiro atoms. The van der Waals surface area contributed by atoms with Crippen molar-refractivity contribution in [2.75, 3.05) is 7.11 Å². The molecule has 0 aliphatic heterocycles. The van der Waals surface area contributed by atoms with Crippen molar-refractivity contribution < 1.29 is 27.1 Å². The molecule has 0 fully saturated rings. The van der Waals surface area contributed by atoms with Gasteiger partial charge in [-0.15, -0.1) is 10.2 Å². The van der Waals surface area contributed by atoms with Crippen molar-refractivity contribution >= 4 is 16.0 Å². The van der Waals surface area contributed by atoms with Crippen molar-refractivity contribution in [1.82, 2.24) is 14.8 Å². The van der Waals surface area contributed by atoms with Crippen LogP contribution >= 0.6 is 0 Å². The summed E-state index contributed by atoms with van der Waals surface area (Å²) in [5.74, 6) is 0.289. The highest BCUT2D eigenvalue weighted by Gasteiger charge is 2.23. The summed E-state index contributed by atoms with van der Waals surface area (Å²) in [6, 6.07) is 8.15. The number of esters is 1. The molecule has 0 aliphatic carbocycles. The molecule has 28 heavy (non-hydrogen) atoms. The van der Waals surface area contributed by atoms with Crippen LogP contribution in [0.4, 0.5) is 0 Å². The van der Waals surface area contributed by atoms with Crippen molar-refractivity contribution in [3.8, 4) is 17.2 Å². The molecule has 2 heterocycles. The minimum Gasteiger partial charge on any atom is -0.497 e. The summed E-state index contributed by atoms with van der Waals surface area (Å²) >= 11 is 0. The fraction of sp³-hybridized carbons (Fsp3) is 0.235. The van der Waals surface area contributed by atoms with Gasteiger partial charge >= 0.3 is 5.97 Å². The SMILES string of the molecule is COc1ccc(-c2nnc([C@@H](C)OC(=O)c3cc(S(N)(=O)=O)cn3C)o2)cc1. The average molecular weight is 406 g/mol. The number of nitrogens with two attached hydrogens (primary N) is 1. The Morgan fingerprint density at radius 1 is 1.25 bits per heavy atom. The Balaban J connectivity index is 1.74. The molecule has 0 unspecified atom stereocenters. The zero-order chi connectivity index (χ0) is 20.5. The standard InChI is InChI=1S/C17H18N4O6S/c1-10(26-17(22)14-8-13(9-21(14)2)28(18,23)24)15-19-20-16(27-15)11-4-6-12(25-3)7-5-11/h4-10H,1-3H3,(H2,18,23,24)/t10-/m1/s1.